The molecule has 0 aromatic carbocycles. The van der Waals surface area contributed by atoms with Crippen LogP contribution in [0, 0.1) is 10.8 Å². The Kier molecular flexibility index (Phi) is 6.71. The lowest BCUT2D eigenvalue weighted by atomic mass is 9.90. The molecule has 0 fully saturated rings. The summed E-state index contributed by atoms with van der Waals surface area (Å²) in [5, 5.41) is 0. The van der Waals surface area contributed by atoms with Crippen molar-refractivity contribution in [2.75, 3.05) is 0 Å². The predicted octanol–water partition coefficient (Wildman–Crippen LogP) is 5.75. The molecule has 0 heterocycles. The largest absolute Gasteiger partial charge is 0.0845 e. The lowest BCUT2D eigenvalue weighted by Gasteiger charge is -2.16. The van der Waals surface area contributed by atoms with Gasteiger partial charge in [-0.2, -0.15) is 0 Å². The van der Waals surface area contributed by atoms with E-state index in [0.29, 0.717) is 10.8 Å². The molecule has 0 heteroatoms. The summed E-state index contributed by atoms with van der Waals surface area (Å²) in [4.78, 5) is 0. The maximum absolute atomic E-state index is 2.29. The Hall–Kier alpha value is -0.520. The molecule has 0 spiro atoms. The molecule has 94 valence electrons. The second kappa shape index (κ2) is 6.93. The normalized spacial score (nSPS) is 14.1. The number of hydrogen-bond acceptors (Lipinski definition) is 0. The lowest BCUT2D eigenvalue weighted by Crippen LogP contribution is -2.03. The minimum atomic E-state index is 0.459. The molecule has 0 aliphatic rings. The topological polar surface area (TPSA) is 0 Å². The van der Waals surface area contributed by atoms with Crippen LogP contribution in [-0.4, -0.2) is 0 Å². The number of rotatable bonds is 5. The molecule has 0 bridgehead atoms. The first-order valence-electron chi connectivity index (χ1n) is 6.52. The van der Waals surface area contributed by atoms with Gasteiger partial charge in [0.05, 0.1) is 0 Å². The second-order valence-corrected chi connectivity index (χ2v) is 7.05. The lowest BCUT2D eigenvalue weighted by molar-refractivity contribution is 0.381. The number of allylic oxidation sites excluding steroid dienone is 4. The van der Waals surface area contributed by atoms with Crippen molar-refractivity contribution >= 4 is 0 Å². The van der Waals surface area contributed by atoms with Gasteiger partial charge >= 0.3 is 0 Å². The first kappa shape index (κ1) is 15.5. The highest BCUT2D eigenvalue weighted by atomic mass is 14.1. The van der Waals surface area contributed by atoms with E-state index in [1.807, 2.05) is 0 Å². The molecule has 0 unspecified atom stereocenters. The van der Waals surface area contributed by atoms with E-state index in [1.54, 1.807) is 0 Å². The van der Waals surface area contributed by atoms with E-state index in [4.69, 9.17) is 0 Å². The Labute approximate surface area is 103 Å². The van der Waals surface area contributed by atoms with Gasteiger partial charge in [-0.1, -0.05) is 65.8 Å². The van der Waals surface area contributed by atoms with Crippen molar-refractivity contribution in [1.82, 2.24) is 0 Å². The van der Waals surface area contributed by atoms with Gasteiger partial charge in [0.1, 0.15) is 0 Å². The number of hydrogen-bond donors (Lipinski definition) is 0. The Morgan fingerprint density at radius 3 is 1.19 bits per heavy atom. The van der Waals surface area contributed by atoms with Gasteiger partial charge in [0.15, 0.2) is 0 Å². The van der Waals surface area contributed by atoms with Gasteiger partial charge in [0.25, 0.3) is 0 Å². The molecule has 0 atom stereocenters. The van der Waals surface area contributed by atoms with Crippen LogP contribution in [0.15, 0.2) is 24.3 Å². The third-order valence-corrected chi connectivity index (χ3v) is 2.51. The first-order valence-corrected chi connectivity index (χ1v) is 6.52. The van der Waals surface area contributed by atoms with Crippen LogP contribution in [0.1, 0.15) is 67.2 Å². The summed E-state index contributed by atoms with van der Waals surface area (Å²) >= 11 is 0. The van der Waals surface area contributed by atoms with Crippen LogP contribution in [0.5, 0.6) is 0 Å². The molecular formula is C16H30. The third-order valence-electron chi connectivity index (χ3n) is 2.51. The zero-order chi connectivity index (χ0) is 12.7. The Bertz CT molecular complexity index is 191. The third kappa shape index (κ3) is 13.5. The van der Waals surface area contributed by atoms with E-state index >= 15 is 0 Å². The SMILES string of the molecule is CC(C)(C)CCC=CC=CCCC(C)(C)C. The van der Waals surface area contributed by atoms with Crippen molar-refractivity contribution in [1.29, 1.82) is 0 Å². The van der Waals surface area contributed by atoms with Gasteiger partial charge in [0.2, 0.25) is 0 Å². The van der Waals surface area contributed by atoms with E-state index in [0.717, 1.165) is 0 Å². The molecule has 0 aromatic rings. The van der Waals surface area contributed by atoms with Crippen LogP contribution in [0.3, 0.4) is 0 Å². The fourth-order valence-corrected chi connectivity index (χ4v) is 1.38. The van der Waals surface area contributed by atoms with Gasteiger partial charge in [-0.3, -0.25) is 0 Å². The fraction of sp³-hybridized carbons (Fsp3) is 0.750. The van der Waals surface area contributed by atoms with Gasteiger partial charge in [-0.25, -0.2) is 0 Å². The van der Waals surface area contributed by atoms with E-state index in [1.165, 1.54) is 25.7 Å². The van der Waals surface area contributed by atoms with Crippen LogP contribution < -0.4 is 0 Å². The van der Waals surface area contributed by atoms with Gasteiger partial charge < -0.3 is 0 Å². The Morgan fingerprint density at radius 1 is 0.625 bits per heavy atom. The average Bonchev–Trinajstić information content (AvgIpc) is 2.06. The molecule has 0 amide bonds. The van der Waals surface area contributed by atoms with E-state index in [-0.39, 0.29) is 0 Å². The molecule has 0 N–H and O–H groups in total. The van der Waals surface area contributed by atoms with Crippen molar-refractivity contribution in [2.24, 2.45) is 10.8 Å². The van der Waals surface area contributed by atoms with Crippen LogP contribution in [-0.2, 0) is 0 Å². The Balaban J connectivity index is 3.57. The van der Waals surface area contributed by atoms with E-state index in [2.05, 4.69) is 65.8 Å². The maximum Gasteiger partial charge on any atom is -0.0343 e. The van der Waals surface area contributed by atoms with Gasteiger partial charge in [-0.15, -0.1) is 0 Å². The summed E-state index contributed by atoms with van der Waals surface area (Å²) in [5.41, 5.74) is 0.917. The van der Waals surface area contributed by atoms with Crippen molar-refractivity contribution in [3.05, 3.63) is 24.3 Å². The van der Waals surface area contributed by atoms with Crippen molar-refractivity contribution < 1.29 is 0 Å². The van der Waals surface area contributed by atoms with Crippen LogP contribution in [0.25, 0.3) is 0 Å². The monoisotopic (exact) mass is 222 g/mol. The minimum absolute atomic E-state index is 0.459. The second-order valence-electron chi connectivity index (χ2n) is 7.05. The summed E-state index contributed by atoms with van der Waals surface area (Å²) in [6, 6.07) is 0. The summed E-state index contributed by atoms with van der Waals surface area (Å²) < 4.78 is 0. The van der Waals surface area contributed by atoms with Crippen LogP contribution >= 0.6 is 0 Å². The molecular weight excluding hydrogens is 192 g/mol. The molecule has 0 aliphatic carbocycles. The van der Waals surface area contributed by atoms with E-state index < -0.39 is 0 Å². The fourth-order valence-electron chi connectivity index (χ4n) is 1.38. The Morgan fingerprint density at radius 2 is 0.938 bits per heavy atom. The molecule has 0 rings (SSSR count). The molecule has 0 aliphatic heterocycles. The highest BCUT2D eigenvalue weighted by Gasteiger charge is 2.07. The smallest absolute Gasteiger partial charge is 0.0343 e. The summed E-state index contributed by atoms with van der Waals surface area (Å²) in [6.07, 6.45) is 13.8. The van der Waals surface area contributed by atoms with Crippen molar-refractivity contribution in [2.45, 2.75) is 67.2 Å². The predicted molar refractivity (Wildman–Crippen MR) is 75.7 cm³/mol. The van der Waals surface area contributed by atoms with Crippen molar-refractivity contribution in [3.8, 4) is 0 Å². The minimum Gasteiger partial charge on any atom is -0.0845 e. The molecule has 0 radical (unpaired) electrons. The molecule has 0 saturated carbocycles. The molecule has 16 heavy (non-hydrogen) atoms. The maximum atomic E-state index is 2.29. The summed E-state index contributed by atoms with van der Waals surface area (Å²) in [5.74, 6) is 0. The van der Waals surface area contributed by atoms with Gasteiger partial charge in [0, 0.05) is 0 Å². The van der Waals surface area contributed by atoms with Crippen LogP contribution in [0.2, 0.25) is 0 Å². The highest BCUT2D eigenvalue weighted by Crippen LogP contribution is 2.21. The zero-order valence-corrected chi connectivity index (χ0v) is 12.1. The standard InChI is InChI=1S/C16H30/c1-15(2,3)13-11-9-7-8-10-12-14-16(4,5)6/h7-10H,11-14H2,1-6H3. The van der Waals surface area contributed by atoms with E-state index in [9.17, 15) is 0 Å². The zero-order valence-electron chi connectivity index (χ0n) is 12.1. The molecule has 0 aromatic heterocycles. The summed E-state index contributed by atoms with van der Waals surface area (Å²) in [6.45, 7) is 13.8. The van der Waals surface area contributed by atoms with Crippen molar-refractivity contribution in [3.63, 3.8) is 0 Å². The molecule has 0 saturated heterocycles. The first-order chi connectivity index (χ1) is 7.21. The average molecular weight is 222 g/mol. The van der Waals surface area contributed by atoms with Gasteiger partial charge in [-0.05, 0) is 36.5 Å². The molecule has 0 nitrogen and oxygen atoms in total. The highest BCUT2D eigenvalue weighted by molar-refractivity contribution is 5.02. The van der Waals surface area contributed by atoms with Crippen LogP contribution in [0.4, 0.5) is 0 Å². The quantitative estimate of drug-likeness (QED) is 0.519. The summed E-state index contributed by atoms with van der Waals surface area (Å²) in [7, 11) is 0.